The molecule has 0 aromatic carbocycles. The van der Waals surface area contributed by atoms with E-state index in [1.165, 1.54) is 5.92 Å². The molecular weight excluding hydrogens is 202 g/mol. The highest BCUT2D eigenvalue weighted by molar-refractivity contribution is 5.35. The lowest BCUT2D eigenvalue weighted by atomic mass is 10.0. The molecule has 3 heteroatoms. The summed E-state index contributed by atoms with van der Waals surface area (Å²) >= 11 is 0. The Kier molecular flexibility index (Phi) is 7.81. The minimum atomic E-state index is 0.782. The lowest BCUT2D eigenvalue weighted by molar-refractivity contribution is 0.114. The second-order valence-corrected chi connectivity index (χ2v) is 3.87. The fourth-order valence-electron chi connectivity index (χ4n) is 1.64. The monoisotopic (exact) mass is 224 g/mol. The van der Waals surface area contributed by atoms with Crippen molar-refractivity contribution in [3.8, 4) is 0 Å². The topological polar surface area (TPSA) is 21.7 Å². The maximum absolute atomic E-state index is 5.11. The summed E-state index contributed by atoms with van der Waals surface area (Å²) in [5, 5.41) is 0. The van der Waals surface area contributed by atoms with Crippen LogP contribution in [0.25, 0.3) is 0 Å². The summed E-state index contributed by atoms with van der Waals surface area (Å²) in [5.74, 6) is 1.40. The Morgan fingerprint density at radius 1 is 0.938 bits per heavy atom. The minimum Gasteiger partial charge on any atom is -0.383 e. The van der Waals surface area contributed by atoms with E-state index in [0.717, 1.165) is 39.3 Å². The van der Waals surface area contributed by atoms with Crippen LogP contribution >= 0.6 is 0 Å². The molecule has 1 fully saturated rings. The molecule has 91 valence electrons. The van der Waals surface area contributed by atoms with Crippen molar-refractivity contribution in [3.63, 3.8) is 0 Å². The van der Waals surface area contributed by atoms with Crippen molar-refractivity contribution in [3.05, 3.63) is 31.6 Å². The summed E-state index contributed by atoms with van der Waals surface area (Å²) in [6, 6.07) is 0. The maximum atomic E-state index is 5.11. The molecule has 3 nitrogen and oxygen atoms in total. The van der Waals surface area contributed by atoms with E-state index >= 15 is 0 Å². The standard InChI is InChI=1S/C13H22NO2/c1-15-11-9-14(10-12-16-2)8-7-13-5-3-4-6-13/h3-6H,7-12H2,1-2H3. The first-order valence-electron chi connectivity index (χ1n) is 5.77. The summed E-state index contributed by atoms with van der Waals surface area (Å²) < 4.78 is 10.2. The van der Waals surface area contributed by atoms with Gasteiger partial charge in [0.05, 0.1) is 13.2 Å². The van der Waals surface area contributed by atoms with Crippen molar-refractivity contribution < 1.29 is 9.47 Å². The van der Waals surface area contributed by atoms with E-state index in [2.05, 4.69) is 30.6 Å². The molecule has 0 aromatic heterocycles. The largest absolute Gasteiger partial charge is 0.383 e. The predicted octanol–water partition coefficient (Wildman–Crippen LogP) is 1.38. The van der Waals surface area contributed by atoms with Crippen molar-refractivity contribution >= 4 is 0 Å². The van der Waals surface area contributed by atoms with E-state index in [9.17, 15) is 0 Å². The van der Waals surface area contributed by atoms with Crippen LogP contribution < -0.4 is 0 Å². The van der Waals surface area contributed by atoms with E-state index in [4.69, 9.17) is 9.47 Å². The molecule has 0 aliphatic heterocycles. The van der Waals surface area contributed by atoms with Gasteiger partial charge in [0, 0.05) is 27.3 Å². The van der Waals surface area contributed by atoms with E-state index in [1.807, 2.05) is 0 Å². The normalized spacial score (nSPS) is 17.4. The van der Waals surface area contributed by atoms with Gasteiger partial charge >= 0.3 is 0 Å². The molecule has 1 aliphatic carbocycles. The van der Waals surface area contributed by atoms with Crippen molar-refractivity contribution in [1.82, 2.24) is 4.90 Å². The average molecular weight is 224 g/mol. The van der Waals surface area contributed by atoms with Gasteiger partial charge in [0.15, 0.2) is 0 Å². The maximum Gasteiger partial charge on any atom is 0.0589 e. The third kappa shape index (κ3) is 5.83. The van der Waals surface area contributed by atoms with Crippen LogP contribution in [-0.4, -0.2) is 52.0 Å². The first-order valence-corrected chi connectivity index (χ1v) is 5.77. The molecule has 0 N–H and O–H groups in total. The van der Waals surface area contributed by atoms with Crippen LogP contribution in [0, 0.1) is 31.6 Å². The minimum absolute atomic E-state index is 0.782. The number of rotatable bonds is 9. The van der Waals surface area contributed by atoms with Gasteiger partial charge in [-0.3, -0.25) is 4.90 Å². The van der Waals surface area contributed by atoms with Crippen LogP contribution in [0.2, 0.25) is 0 Å². The number of methoxy groups -OCH3 is 2. The van der Waals surface area contributed by atoms with Crippen LogP contribution in [0.4, 0.5) is 0 Å². The zero-order chi connectivity index (χ0) is 11.6. The molecule has 5 radical (unpaired) electrons. The van der Waals surface area contributed by atoms with Gasteiger partial charge in [-0.25, -0.2) is 0 Å². The average Bonchev–Trinajstić information content (AvgIpc) is 2.81. The zero-order valence-corrected chi connectivity index (χ0v) is 10.3. The van der Waals surface area contributed by atoms with Crippen LogP contribution in [0.15, 0.2) is 0 Å². The van der Waals surface area contributed by atoms with Crippen molar-refractivity contribution in [2.24, 2.45) is 0 Å². The molecule has 0 aromatic rings. The van der Waals surface area contributed by atoms with E-state index in [1.54, 1.807) is 14.2 Å². The highest BCUT2D eigenvalue weighted by atomic mass is 16.5. The van der Waals surface area contributed by atoms with Crippen molar-refractivity contribution in [1.29, 1.82) is 0 Å². The lowest BCUT2D eigenvalue weighted by Crippen LogP contribution is -2.32. The zero-order valence-electron chi connectivity index (χ0n) is 10.3. The van der Waals surface area contributed by atoms with Gasteiger partial charge in [-0.2, -0.15) is 0 Å². The first-order chi connectivity index (χ1) is 7.86. The SMILES string of the molecule is COCCN(CCOC)CC[C]1[CH][CH][CH][CH]1. The Labute approximate surface area is 100 Å². The van der Waals surface area contributed by atoms with Crippen LogP contribution in [-0.2, 0) is 9.47 Å². The Balaban J connectivity index is 2.13. The molecule has 0 atom stereocenters. The van der Waals surface area contributed by atoms with Gasteiger partial charge in [0.1, 0.15) is 0 Å². The molecular formula is C13H22NO2. The number of ether oxygens (including phenoxy) is 2. The smallest absolute Gasteiger partial charge is 0.0589 e. The fraction of sp³-hybridized carbons (Fsp3) is 0.615. The molecule has 0 bridgehead atoms. The van der Waals surface area contributed by atoms with Gasteiger partial charge in [-0.15, -0.1) is 0 Å². The van der Waals surface area contributed by atoms with Crippen molar-refractivity contribution in [2.75, 3.05) is 47.1 Å². The number of hydrogen-bond acceptors (Lipinski definition) is 3. The Morgan fingerprint density at radius 2 is 1.50 bits per heavy atom. The summed E-state index contributed by atoms with van der Waals surface area (Å²) in [6.45, 7) is 4.58. The summed E-state index contributed by atoms with van der Waals surface area (Å²) in [5.41, 5.74) is 0. The predicted molar refractivity (Wildman–Crippen MR) is 65.3 cm³/mol. The number of hydrogen-bond donors (Lipinski definition) is 0. The molecule has 1 saturated carbocycles. The van der Waals surface area contributed by atoms with E-state index < -0.39 is 0 Å². The first kappa shape index (κ1) is 13.9. The Bertz CT molecular complexity index is 150. The van der Waals surface area contributed by atoms with E-state index in [0.29, 0.717) is 0 Å². The quantitative estimate of drug-likeness (QED) is 0.590. The highest BCUT2D eigenvalue weighted by Gasteiger charge is 2.17. The molecule has 1 rings (SSSR count). The van der Waals surface area contributed by atoms with Gasteiger partial charge in [-0.1, -0.05) is 0 Å². The summed E-state index contributed by atoms with van der Waals surface area (Å²) in [6.07, 6.45) is 9.62. The van der Waals surface area contributed by atoms with Crippen LogP contribution in [0.5, 0.6) is 0 Å². The van der Waals surface area contributed by atoms with Gasteiger partial charge in [0.2, 0.25) is 0 Å². The van der Waals surface area contributed by atoms with E-state index in [-0.39, 0.29) is 0 Å². The second kappa shape index (κ2) is 8.97. The third-order valence-electron chi connectivity index (χ3n) is 2.67. The van der Waals surface area contributed by atoms with Crippen LogP contribution in [0.1, 0.15) is 6.42 Å². The second-order valence-electron chi connectivity index (χ2n) is 3.87. The van der Waals surface area contributed by atoms with Crippen molar-refractivity contribution in [2.45, 2.75) is 6.42 Å². The Hall–Kier alpha value is -0.120. The molecule has 0 amide bonds. The molecule has 0 spiro atoms. The summed E-state index contributed by atoms with van der Waals surface area (Å²) in [7, 11) is 3.48. The molecule has 0 heterocycles. The fourth-order valence-corrected chi connectivity index (χ4v) is 1.64. The van der Waals surface area contributed by atoms with Gasteiger partial charge in [-0.05, 0) is 44.6 Å². The highest BCUT2D eigenvalue weighted by Crippen LogP contribution is 2.26. The number of nitrogens with zero attached hydrogens (tertiary/aromatic N) is 1. The Morgan fingerprint density at radius 3 is 2.00 bits per heavy atom. The summed E-state index contributed by atoms with van der Waals surface area (Å²) in [4.78, 5) is 2.38. The van der Waals surface area contributed by atoms with Crippen LogP contribution in [0.3, 0.4) is 0 Å². The third-order valence-corrected chi connectivity index (χ3v) is 2.67. The lowest BCUT2D eigenvalue weighted by Gasteiger charge is -2.22. The molecule has 0 unspecified atom stereocenters. The molecule has 1 aliphatic rings. The molecule has 0 saturated heterocycles. The molecule has 16 heavy (non-hydrogen) atoms. The van der Waals surface area contributed by atoms with Gasteiger partial charge in [0.25, 0.3) is 0 Å². The van der Waals surface area contributed by atoms with Gasteiger partial charge < -0.3 is 9.47 Å².